The molecule has 0 bridgehead atoms. The minimum absolute atomic E-state index is 0.224. The van der Waals surface area contributed by atoms with Gasteiger partial charge in [0.15, 0.2) is 0 Å². The number of nitrogens with one attached hydrogen (secondary N) is 1. The number of hydrogen-bond donors (Lipinski definition) is 2. The Morgan fingerprint density at radius 2 is 2.14 bits per heavy atom. The predicted molar refractivity (Wildman–Crippen MR) is 90.0 cm³/mol. The van der Waals surface area contributed by atoms with Crippen LogP contribution >= 0.6 is 11.3 Å². The summed E-state index contributed by atoms with van der Waals surface area (Å²) in [5.41, 5.74) is 6.50. The molecule has 0 radical (unpaired) electrons. The van der Waals surface area contributed by atoms with Crippen LogP contribution in [0.25, 0.3) is 27.8 Å². The molecule has 3 N–H and O–H groups in total. The Morgan fingerprint density at radius 3 is 2.91 bits per heavy atom. The van der Waals surface area contributed by atoms with E-state index in [-0.39, 0.29) is 5.56 Å². The molecule has 0 spiro atoms. The molecular weight excluding hydrogens is 300 g/mol. The zero-order valence-corrected chi connectivity index (χ0v) is 12.7. The van der Waals surface area contributed by atoms with Crippen LogP contribution in [0.1, 0.15) is 11.8 Å². The number of para-hydroxylation sites is 1. The van der Waals surface area contributed by atoms with Gasteiger partial charge < -0.3 is 15.5 Å². The van der Waals surface area contributed by atoms with Gasteiger partial charge in [0, 0.05) is 27.2 Å². The van der Waals surface area contributed by atoms with Crippen molar-refractivity contribution >= 4 is 50.1 Å². The van der Waals surface area contributed by atoms with Crippen molar-refractivity contribution in [2.24, 2.45) is 0 Å². The molecule has 5 nitrogen and oxygen atoms in total. The van der Waals surface area contributed by atoms with Gasteiger partial charge in [0.1, 0.15) is 0 Å². The van der Waals surface area contributed by atoms with Gasteiger partial charge in [-0.3, -0.25) is 4.79 Å². The van der Waals surface area contributed by atoms with Crippen LogP contribution in [0.15, 0.2) is 35.1 Å². The number of fused-ring (bicyclic) bond motifs is 3. The van der Waals surface area contributed by atoms with E-state index >= 15 is 0 Å². The van der Waals surface area contributed by atoms with Gasteiger partial charge in [-0.05, 0) is 19.1 Å². The van der Waals surface area contributed by atoms with Gasteiger partial charge in [-0.1, -0.05) is 18.2 Å². The Hall–Kier alpha value is -2.60. The number of ether oxygens (including phenoxy) is 1. The van der Waals surface area contributed by atoms with E-state index in [4.69, 9.17) is 10.5 Å². The van der Waals surface area contributed by atoms with Crippen molar-refractivity contribution in [3.8, 4) is 0 Å². The predicted octanol–water partition coefficient (Wildman–Crippen LogP) is 2.90. The fourth-order valence-corrected chi connectivity index (χ4v) is 3.39. The Kier molecular flexibility index (Phi) is 3.68. The van der Waals surface area contributed by atoms with Crippen molar-refractivity contribution in [3.63, 3.8) is 0 Å². The summed E-state index contributed by atoms with van der Waals surface area (Å²) < 4.78 is 4.87. The lowest BCUT2D eigenvalue weighted by molar-refractivity contribution is -0.137. The number of aromatic nitrogens is 1. The van der Waals surface area contributed by atoms with Gasteiger partial charge in [0.05, 0.1) is 17.0 Å². The van der Waals surface area contributed by atoms with Crippen molar-refractivity contribution in [2.75, 3.05) is 12.3 Å². The van der Waals surface area contributed by atoms with Crippen LogP contribution in [0.4, 0.5) is 5.00 Å². The van der Waals surface area contributed by atoms with Crippen molar-refractivity contribution in [2.45, 2.75) is 6.92 Å². The summed E-state index contributed by atoms with van der Waals surface area (Å²) in [6.45, 7) is 2.07. The number of H-pyrrole nitrogens is 1. The molecule has 3 rings (SSSR count). The molecule has 0 fully saturated rings. The average molecular weight is 314 g/mol. The maximum absolute atomic E-state index is 12.2. The molecule has 0 aliphatic carbocycles. The molecule has 0 aliphatic rings. The third kappa shape index (κ3) is 2.37. The van der Waals surface area contributed by atoms with Crippen molar-refractivity contribution in [3.05, 3.63) is 45.6 Å². The number of pyridine rings is 1. The first-order valence-electron chi connectivity index (χ1n) is 6.79. The number of esters is 1. The number of hydrogen-bond acceptors (Lipinski definition) is 5. The molecule has 0 amide bonds. The molecule has 0 unspecified atom stereocenters. The number of rotatable bonds is 3. The zero-order chi connectivity index (χ0) is 15.7. The molecule has 3 aromatic rings. The van der Waals surface area contributed by atoms with E-state index in [1.165, 1.54) is 17.4 Å². The second kappa shape index (κ2) is 5.65. The highest BCUT2D eigenvalue weighted by atomic mass is 32.1. The van der Waals surface area contributed by atoms with Crippen molar-refractivity contribution < 1.29 is 9.53 Å². The first-order chi connectivity index (χ1) is 10.6. The van der Waals surface area contributed by atoms with E-state index in [0.29, 0.717) is 17.0 Å². The lowest BCUT2D eigenvalue weighted by Gasteiger charge is -2.01. The second-order valence-electron chi connectivity index (χ2n) is 4.67. The maximum Gasteiger partial charge on any atom is 0.330 e. The topological polar surface area (TPSA) is 85.2 Å². The van der Waals surface area contributed by atoms with Crippen LogP contribution in [0.2, 0.25) is 0 Å². The summed E-state index contributed by atoms with van der Waals surface area (Å²) in [7, 11) is 0. The minimum atomic E-state index is -0.420. The number of aromatic amines is 1. The summed E-state index contributed by atoms with van der Waals surface area (Å²) in [5.74, 6) is -0.420. The number of thiophene rings is 1. The van der Waals surface area contributed by atoms with Crippen molar-refractivity contribution in [1.82, 2.24) is 4.98 Å². The molecule has 0 atom stereocenters. The molecule has 112 valence electrons. The number of carbonyl (C=O) groups excluding carboxylic acids is 1. The summed E-state index contributed by atoms with van der Waals surface area (Å²) in [6, 6.07) is 7.51. The third-order valence-electron chi connectivity index (χ3n) is 3.29. The summed E-state index contributed by atoms with van der Waals surface area (Å²) in [6.07, 6.45) is 3.00. The van der Waals surface area contributed by atoms with Crippen LogP contribution in [0.5, 0.6) is 0 Å². The number of benzene rings is 1. The van der Waals surface area contributed by atoms with Gasteiger partial charge >= 0.3 is 5.97 Å². The van der Waals surface area contributed by atoms with E-state index in [2.05, 4.69) is 4.98 Å². The standard InChI is InChI=1S/C16H14N2O3S/c1-2-21-12(19)8-7-11-13-9-5-3-4-6-10(9)18-16(20)14(13)15(17)22-11/h3-8H,2,17H2,1H3,(H,18,20)/b8-7+. The highest BCUT2D eigenvalue weighted by molar-refractivity contribution is 7.18. The Bertz CT molecular complexity index is 953. The first kappa shape index (κ1) is 14.3. The summed E-state index contributed by atoms with van der Waals surface area (Å²) >= 11 is 1.28. The molecular formula is C16H14N2O3S. The van der Waals surface area contributed by atoms with E-state index in [1.54, 1.807) is 13.0 Å². The van der Waals surface area contributed by atoms with E-state index in [9.17, 15) is 9.59 Å². The highest BCUT2D eigenvalue weighted by Gasteiger charge is 2.14. The molecule has 2 heterocycles. The van der Waals surface area contributed by atoms with Crippen LogP contribution in [0.3, 0.4) is 0 Å². The zero-order valence-electron chi connectivity index (χ0n) is 11.9. The largest absolute Gasteiger partial charge is 0.463 e. The smallest absolute Gasteiger partial charge is 0.330 e. The third-order valence-corrected chi connectivity index (χ3v) is 4.28. The Morgan fingerprint density at radius 1 is 1.36 bits per heavy atom. The Balaban J connectivity index is 2.27. The number of carbonyl (C=O) groups is 1. The fraction of sp³-hybridized carbons (Fsp3) is 0.125. The number of nitrogen functional groups attached to an aromatic ring is 1. The molecule has 0 aliphatic heterocycles. The quantitative estimate of drug-likeness (QED) is 0.575. The normalized spacial score (nSPS) is 11.5. The SMILES string of the molecule is CCOC(=O)/C=C/c1sc(N)c2c(=O)[nH]c3ccccc3c12. The van der Waals surface area contributed by atoms with E-state index < -0.39 is 5.97 Å². The minimum Gasteiger partial charge on any atom is -0.463 e. The van der Waals surface area contributed by atoms with Gasteiger partial charge in [-0.2, -0.15) is 0 Å². The lowest BCUT2D eigenvalue weighted by atomic mass is 10.1. The van der Waals surface area contributed by atoms with Gasteiger partial charge in [0.2, 0.25) is 0 Å². The van der Waals surface area contributed by atoms with Gasteiger partial charge in [-0.15, -0.1) is 11.3 Å². The Labute approximate surface area is 130 Å². The van der Waals surface area contributed by atoms with Crippen LogP contribution in [-0.4, -0.2) is 17.6 Å². The molecule has 0 saturated carbocycles. The summed E-state index contributed by atoms with van der Waals surface area (Å²) in [4.78, 5) is 27.3. The van der Waals surface area contributed by atoms with Gasteiger partial charge in [-0.25, -0.2) is 4.79 Å². The highest BCUT2D eigenvalue weighted by Crippen LogP contribution is 2.36. The summed E-state index contributed by atoms with van der Waals surface area (Å²) in [5, 5.41) is 2.56. The van der Waals surface area contributed by atoms with Gasteiger partial charge in [0.25, 0.3) is 5.56 Å². The molecule has 1 aromatic carbocycles. The van der Waals surface area contributed by atoms with Crippen LogP contribution in [0, 0.1) is 0 Å². The molecule has 22 heavy (non-hydrogen) atoms. The van der Waals surface area contributed by atoms with E-state index in [0.717, 1.165) is 21.2 Å². The van der Waals surface area contributed by atoms with Crippen molar-refractivity contribution in [1.29, 1.82) is 0 Å². The average Bonchev–Trinajstić information content (AvgIpc) is 2.83. The first-order valence-corrected chi connectivity index (χ1v) is 7.61. The molecule has 6 heteroatoms. The van der Waals surface area contributed by atoms with E-state index in [1.807, 2.05) is 24.3 Å². The lowest BCUT2D eigenvalue weighted by Crippen LogP contribution is -2.06. The molecule has 0 saturated heterocycles. The van der Waals surface area contributed by atoms with Crippen LogP contribution in [-0.2, 0) is 9.53 Å². The second-order valence-corrected chi connectivity index (χ2v) is 5.75. The number of anilines is 1. The molecule has 2 aromatic heterocycles. The van der Waals surface area contributed by atoms with Crippen LogP contribution < -0.4 is 11.3 Å². The fourth-order valence-electron chi connectivity index (χ4n) is 2.41. The maximum atomic E-state index is 12.2. The monoisotopic (exact) mass is 314 g/mol. The number of nitrogens with two attached hydrogens (primary N) is 1.